The first-order valence-corrected chi connectivity index (χ1v) is 3.21. The highest BCUT2D eigenvalue weighted by Crippen LogP contribution is 2.00. The minimum atomic E-state index is 0.575. The maximum Gasteiger partial charge on any atom is 0.168 e. The van der Waals surface area contributed by atoms with Gasteiger partial charge in [0.2, 0.25) is 0 Å². The molecule has 0 radical (unpaired) electrons. The largest absolute Gasteiger partial charge is 0.208 e. The molecule has 0 aliphatic carbocycles. The minimum Gasteiger partial charge on any atom is -0.208 e. The van der Waals surface area contributed by atoms with Crippen LogP contribution in [0.25, 0.3) is 0 Å². The van der Waals surface area contributed by atoms with Crippen molar-refractivity contribution >= 4 is 6.21 Å². The molecule has 0 saturated carbocycles. The zero-order valence-electron chi connectivity index (χ0n) is 5.91. The van der Waals surface area contributed by atoms with E-state index in [9.17, 15) is 0 Å². The number of nitrogens with zero attached hydrogens (tertiary/aromatic N) is 1. The molecule has 1 unspecified atom stereocenters. The van der Waals surface area contributed by atoms with Gasteiger partial charge in [-0.2, -0.15) is 0 Å². The van der Waals surface area contributed by atoms with Gasteiger partial charge in [-0.3, -0.25) is 0 Å². The van der Waals surface area contributed by atoms with Crippen LogP contribution in [0.5, 0.6) is 0 Å². The van der Waals surface area contributed by atoms with E-state index in [0.717, 1.165) is 0 Å². The van der Waals surface area contributed by atoms with E-state index in [4.69, 9.17) is 0 Å². The van der Waals surface area contributed by atoms with Gasteiger partial charge >= 0.3 is 0 Å². The van der Waals surface area contributed by atoms with E-state index in [2.05, 4.69) is 31.4 Å². The summed E-state index contributed by atoms with van der Waals surface area (Å²) in [6, 6.07) is 0. The Morgan fingerprint density at radius 1 is 1.33 bits per heavy atom. The highest BCUT2D eigenvalue weighted by Gasteiger charge is 1.95. The monoisotopic (exact) mass is 122 g/mol. The van der Waals surface area contributed by atoms with E-state index in [1.807, 2.05) is 17.8 Å². The molecule has 48 valence electrons. The maximum absolute atomic E-state index is 2.17. The molecule has 0 N–H and O–H groups in total. The first kappa shape index (κ1) is 6.27. The Kier molecular flexibility index (Phi) is 1.83. The second kappa shape index (κ2) is 2.62. The van der Waals surface area contributed by atoms with Crippen molar-refractivity contribution in [2.45, 2.75) is 6.92 Å². The van der Waals surface area contributed by atoms with Crippen molar-refractivity contribution in [1.29, 1.82) is 0 Å². The first-order chi connectivity index (χ1) is 4.29. The Hall–Kier alpha value is -0.850. The molecule has 1 aliphatic rings. The van der Waals surface area contributed by atoms with Crippen molar-refractivity contribution in [3.8, 4) is 0 Å². The number of allylic oxidation sites excluding steroid dienone is 3. The van der Waals surface area contributed by atoms with Crippen LogP contribution in [0.1, 0.15) is 6.92 Å². The SMILES string of the molecule is CC1C=CC=[N+](C)C=C1. The van der Waals surface area contributed by atoms with Gasteiger partial charge in [-0.05, 0) is 18.1 Å². The molecule has 1 aliphatic heterocycles. The summed E-state index contributed by atoms with van der Waals surface area (Å²) in [6.07, 6.45) is 10.5. The molecule has 1 nitrogen and oxygen atoms in total. The van der Waals surface area contributed by atoms with Crippen LogP contribution in [0.3, 0.4) is 0 Å². The summed E-state index contributed by atoms with van der Waals surface area (Å²) in [5.74, 6) is 0.575. The van der Waals surface area contributed by atoms with Crippen molar-refractivity contribution in [1.82, 2.24) is 0 Å². The van der Waals surface area contributed by atoms with Gasteiger partial charge in [-0.25, -0.2) is 4.58 Å². The van der Waals surface area contributed by atoms with Gasteiger partial charge in [0.15, 0.2) is 12.4 Å². The molecule has 0 aromatic rings. The van der Waals surface area contributed by atoms with Gasteiger partial charge in [0, 0.05) is 0 Å². The quantitative estimate of drug-likeness (QED) is 0.427. The van der Waals surface area contributed by atoms with Gasteiger partial charge in [-0.15, -0.1) is 0 Å². The Morgan fingerprint density at radius 2 is 2.11 bits per heavy atom. The minimum absolute atomic E-state index is 0.575. The molecule has 0 spiro atoms. The third-order valence-electron chi connectivity index (χ3n) is 1.36. The van der Waals surface area contributed by atoms with E-state index in [1.165, 1.54) is 0 Å². The Bertz CT molecular complexity index is 175. The highest BCUT2D eigenvalue weighted by molar-refractivity contribution is 5.66. The van der Waals surface area contributed by atoms with Gasteiger partial charge in [0.1, 0.15) is 7.05 Å². The van der Waals surface area contributed by atoms with Crippen LogP contribution in [-0.2, 0) is 0 Å². The van der Waals surface area contributed by atoms with Crippen LogP contribution >= 0.6 is 0 Å². The molecule has 0 saturated heterocycles. The lowest BCUT2D eigenvalue weighted by atomic mass is 10.2. The first-order valence-electron chi connectivity index (χ1n) is 3.21. The van der Waals surface area contributed by atoms with Crippen LogP contribution in [0, 0.1) is 5.92 Å². The average molecular weight is 122 g/mol. The number of rotatable bonds is 0. The van der Waals surface area contributed by atoms with Crippen molar-refractivity contribution in [3.63, 3.8) is 0 Å². The van der Waals surface area contributed by atoms with Gasteiger partial charge < -0.3 is 0 Å². The van der Waals surface area contributed by atoms with Crippen LogP contribution in [0.15, 0.2) is 24.4 Å². The van der Waals surface area contributed by atoms with Crippen LogP contribution < -0.4 is 0 Å². The fourth-order valence-corrected chi connectivity index (χ4v) is 0.746. The zero-order valence-corrected chi connectivity index (χ0v) is 5.91. The number of hydrogen-bond acceptors (Lipinski definition) is 0. The summed E-state index contributed by atoms with van der Waals surface area (Å²) in [5, 5.41) is 0. The number of hydrogen-bond donors (Lipinski definition) is 0. The van der Waals surface area contributed by atoms with Gasteiger partial charge in [0.25, 0.3) is 0 Å². The van der Waals surface area contributed by atoms with Crippen LogP contribution in [-0.4, -0.2) is 17.8 Å². The van der Waals surface area contributed by atoms with Crippen molar-refractivity contribution in [2.24, 2.45) is 5.92 Å². The van der Waals surface area contributed by atoms with Crippen LogP contribution in [0.4, 0.5) is 0 Å². The Balaban J connectivity index is 2.75. The molecule has 1 rings (SSSR count). The lowest BCUT2D eigenvalue weighted by Crippen LogP contribution is -1.93. The summed E-state index contributed by atoms with van der Waals surface area (Å²) < 4.78 is 2.04. The summed E-state index contributed by atoms with van der Waals surface area (Å²) in [5.41, 5.74) is 0. The third-order valence-corrected chi connectivity index (χ3v) is 1.36. The van der Waals surface area contributed by atoms with Crippen molar-refractivity contribution in [2.75, 3.05) is 7.05 Å². The summed E-state index contributed by atoms with van der Waals surface area (Å²) in [4.78, 5) is 0. The molecule has 0 bridgehead atoms. The smallest absolute Gasteiger partial charge is 0.168 e. The van der Waals surface area contributed by atoms with E-state index < -0.39 is 0 Å². The lowest BCUT2D eigenvalue weighted by molar-refractivity contribution is -0.416. The zero-order chi connectivity index (χ0) is 6.69. The molecule has 1 heterocycles. The molecule has 0 fully saturated rings. The van der Waals surface area contributed by atoms with Gasteiger partial charge in [-0.1, -0.05) is 13.0 Å². The highest BCUT2D eigenvalue weighted by atomic mass is 14.9. The molecule has 9 heavy (non-hydrogen) atoms. The molecule has 0 amide bonds. The molecule has 0 aromatic carbocycles. The second-order valence-corrected chi connectivity index (χ2v) is 2.40. The fourth-order valence-electron chi connectivity index (χ4n) is 0.746. The molecule has 0 aromatic heterocycles. The molecular weight excluding hydrogens is 110 g/mol. The predicted octanol–water partition coefficient (Wildman–Crippen LogP) is 1.42. The van der Waals surface area contributed by atoms with E-state index in [-0.39, 0.29) is 0 Å². The molecule has 1 atom stereocenters. The predicted molar refractivity (Wildman–Crippen MR) is 39.7 cm³/mol. The van der Waals surface area contributed by atoms with E-state index >= 15 is 0 Å². The second-order valence-electron chi connectivity index (χ2n) is 2.40. The topological polar surface area (TPSA) is 3.01 Å². The summed E-state index contributed by atoms with van der Waals surface area (Å²) in [6.45, 7) is 2.17. The van der Waals surface area contributed by atoms with Crippen LogP contribution in [0.2, 0.25) is 0 Å². The Labute approximate surface area is 56.0 Å². The van der Waals surface area contributed by atoms with E-state index in [0.29, 0.717) is 5.92 Å². The lowest BCUT2D eigenvalue weighted by Gasteiger charge is -1.88. The third kappa shape index (κ3) is 1.84. The molecule has 1 heteroatoms. The normalized spacial score (nSPS) is 25.6. The van der Waals surface area contributed by atoms with Crippen molar-refractivity contribution < 1.29 is 4.58 Å². The standard InChI is InChI=1S/C8H12N/c1-8-4-3-6-9(2)7-5-8/h3-8H,1-2H3/q+1. The van der Waals surface area contributed by atoms with E-state index in [1.54, 1.807) is 0 Å². The molecular formula is C8H12N+. The maximum atomic E-state index is 2.17. The summed E-state index contributed by atoms with van der Waals surface area (Å²) in [7, 11) is 2.03. The summed E-state index contributed by atoms with van der Waals surface area (Å²) >= 11 is 0. The van der Waals surface area contributed by atoms with Crippen molar-refractivity contribution in [3.05, 3.63) is 24.4 Å². The average Bonchev–Trinajstić information content (AvgIpc) is 1.97. The Morgan fingerprint density at radius 3 is 2.89 bits per heavy atom. The van der Waals surface area contributed by atoms with Gasteiger partial charge in [0.05, 0.1) is 0 Å². The fraction of sp³-hybridized carbons (Fsp3) is 0.375.